The van der Waals surface area contributed by atoms with Crippen molar-refractivity contribution in [3.8, 4) is 11.8 Å². The first-order valence-corrected chi connectivity index (χ1v) is 8.70. The highest BCUT2D eigenvalue weighted by Crippen LogP contribution is 2.21. The molecule has 0 saturated carbocycles. The van der Waals surface area contributed by atoms with Crippen LogP contribution in [0.5, 0.6) is 0 Å². The van der Waals surface area contributed by atoms with Crippen LogP contribution in [0.1, 0.15) is 39.9 Å². The van der Waals surface area contributed by atoms with E-state index in [1.54, 1.807) is 11.8 Å². The van der Waals surface area contributed by atoms with E-state index in [1.807, 2.05) is 13.0 Å². The van der Waals surface area contributed by atoms with E-state index in [9.17, 15) is 4.79 Å². The molecule has 0 aliphatic rings. The topological polar surface area (TPSA) is 49.3 Å². The van der Waals surface area contributed by atoms with Crippen LogP contribution in [0.4, 0.5) is 0 Å². The first kappa shape index (κ1) is 17.1. The smallest absolute Gasteiger partial charge is 0.261 e. The van der Waals surface area contributed by atoms with Crippen molar-refractivity contribution in [2.24, 2.45) is 0 Å². The fraction of sp³-hybridized carbons (Fsp3) is 0.533. The Labute approximate surface area is 129 Å². The number of thiophene rings is 1. The van der Waals surface area contributed by atoms with Crippen molar-refractivity contribution in [3.05, 3.63) is 21.4 Å². The summed E-state index contributed by atoms with van der Waals surface area (Å²) in [5, 5.41) is 12.2. The van der Waals surface area contributed by atoms with Crippen molar-refractivity contribution < 1.29 is 9.90 Å². The van der Waals surface area contributed by atoms with Gasteiger partial charge in [-0.05, 0) is 31.2 Å². The van der Waals surface area contributed by atoms with E-state index in [0.717, 1.165) is 16.9 Å². The molecule has 0 bridgehead atoms. The number of carbonyl (C=O) groups is 1. The monoisotopic (exact) mass is 311 g/mol. The quantitative estimate of drug-likeness (QED) is 0.794. The molecule has 1 amide bonds. The lowest BCUT2D eigenvalue weighted by atomic mass is 10.2. The average molecular weight is 311 g/mol. The predicted octanol–water partition coefficient (Wildman–Crippen LogP) is 2.66. The molecule has 0 aliphatic carbocycles. The molecule has 2 N–H and O–H groups in total. The van der Waals surface area contributed by atoms with E-state index in [0.29, 0.717) is 23.1 Å². The normalized spacial score (nSPS) is 11.6. The second kappa shape index (κ2) is 9.06. The summed E-state index contributed by atoms with van der Waals surface area (Å²) in [5.41, 5.74) is 1.02. The minimum atomic E-state index is -0.0263. The van der Waals surface area contributed by atoms with Crippen LogP contribution in [0.15, 0.2) is 6.07 Å². The molecule has 20 heavy (non-hydrogen) atoms. The van der Waals surface area contributed by atoms with Gasteiger partial charge in [-0.15, -0.1) is 11.3 Å². The van der Waals surface area contributed by atoms with E-state index in [2.05, 4.69) is 30.3 Å². The Hall–Kier alpha value is -0.960. The largest absolute Gasteiger partial charge is 0.395 e. The van der Waals surface area contributed by atoms with Crippen LogP contribution in [-0.2, 0) is 0 Å². The number of rotatable bonds is 6. The standard InChI is InChI=1S/C15H21NO2S2/c1-11-10-14(20-13(11)6-4-5-9-17)15(18)16-8-7-12(2)19-3/h10,12,17H,5,7-9H2,1-3H3,(H,16,18). The third-order valence-corrected chi connectivity index (χ3v) is 5.01. The van der Waals surface area contributed by atoms with Crippen molar-refractivity contribution in [1.29, 1.82) is 0 Å². The molecule has 0 aromatic carbocycles. The minimum Gasteiger partial charge on any atom is -0.395 e. The lowest BCUT2D eigenvalue weighted by molar-refractivity contribution is 0.0957. The lowest BCUT2D eigenvalue weighted by Crippen LogP contribution is -2.25. The number of hydrogen-bond donors (Lipinski definition) is 2. The first-order valence-electron chi connectivity index (χ1n) is 6.59. The number of carbonyl (C=O) groups excluding carboxylic acids is 1. The Morgan fingerprint density at radius 2 is 2.35 bits per heavy atom. The lowest BCUT2D eigenvalue weighted by Gasteiger charge is -2.08. The molecule has 1 heterocycles. The molecule has 1 atom stereocenters. The highest BCUT2D eigenvalue weighted by Gasteiger charge is 2.11. The number of aliphatic hydroxyl groups is 1. The number of amides is 1. The van der Waals surface area contributed by atoms with Crippen LogP contribution in [0.2, 0.25) is 0 Å². The molecule has 0 spiro atoms. The van der Waals surface area contributed by atoms with Gasteiger partial charge in [0.1, 0.15) is 0 Å². The van der Waals surface area contributed by atoms with Crippen molar-refractivity contribution in [1.82, 2.24) is 5.32 Å². The zero-order valence-electron chi connectivity index (χ0n) is 12.2. The van der Waals surface area contributed by atoms with Crippen molar-refractivity contribution in [3.63, 3.8) is 0 Å². The van der Waals surface area contributed by atoms with Gasteiger partial charge in [0.15, 0.2) is 0 Å². The summed E-state index contributed by atoms with van der Waals surface area (Å²) in [6.07, 6.45) is 3.51. The molecular weight excluding hydrogens is 290 g/mol. The van der Waals surface area contributed by atoms with Gasteiger partial charge in [0.2, 0.25) is 0 Å². The van der Waals surface area contributed by atoms with Gasteiger partial charge in [-0.1, -0.05) is 18.8 Å². The number of aliphatic hydroxyl groups excluding tert-OH is 1. The number of aryl methyl sites for hydroxylation is 1. The van der Waals surface area contributed by atoms with Crippen LogP contribution in [0, 0.1) is 18.8 Å². The zero-order chi connectivity index (χ0) is 15.0. The molecule has 5 heteroatoms. The summed E-state index contributed by atoms with van der Waals surface area (Å²) in [5.74, 6) is 5.86. The van der Waals surface area contributed by atoms with Crippen LogP contribution >= 0.6 is 23.1 Å². The second-order valence-electron chi connectivity index (χ2n) is 4.49. The number of nitrogens with one attached hydrogen (secondary N) is 1. The van der Waals surface area contributed by atoms with Crippen LogP contribution in [0.3, 0.4) is 0 Å². The van der Waals surface area contributed by atoms with Gasteiger partial charge in [0.25, 0.3) is 5.91 Å². The summed E-state index contributed by atoms with van der Waals surface area (Å²) in [4.78, 5) is 13.6. The molecule has 1 unspecified atom stereocenters. The highest BCUT2D eigenvalue weighted by molar-refractivity contribution is 7.99. The molecule has 0 fully saturated rings. The zero-order valence-corrected chi connectivity index (χ0v) is 13.8. The summed E-state index contributed by atoms with van der Waals surface area (Å²) < 4.78 is 0. The van der Waals surface area contributed by atoms with Gasteiger partial charge in [0.05, 0.1) is 16.4 Å². The third-order valence-electron chi connectivity index (χ3n) is 2.82. The summed E-state index contributed by atoms with van der Waals surface area (Å²) in [6.45, 7) is 4.87. The maximum absolute atomic E-state index is 12.0. The summed E-state index contributed by atoms with van der Waals surface area (Å²) >= 11 is 3.21. The van der Waals surface area contributed by atoms with Crippen molar-refractivity contribution >= 4 is 29.0 Å². The van der Waals surface area contributed by atoms with Crippen LogP contribution in [-0.4, -0.2) is 35.7 Å². The van der Waals surface area contributed by atoms with E-state index in [4.69, 9.17) is 5.11 Å². The molecule has 1 aromatic rings. The van der Waals surface area contributed by atoms with Crippen LogP contribution < -0.4 is 5.32 Å². The number of hydrogen-bond acceptors (Lipinski definition) is 4. The fourth-order valence-electron chi connectivity index (χ4n) is 1.51. The van der Waals surface area contributed by atoms with Gasteiger partial charge < -0.3 is 10.4 Å². The molecule has 0 saturated heterocycles. The Morgan fingerprint density at radius 3 is 3.00 bits per heavy atom. The second-order valence-corrected chi connectivity index (χ2v) is 6.82. The van der Waals surface area contributed by atoms with Crippen LogP contribution in [0.25, 0.3) is 0 Å². The molecule has 110 valence electrons. The first-order chi connectivity index (χ1) is 9.58. The molecule has 0 radical (unpaired) electrons. The molecule has 1 aromatic heterocycles. The molecule has 0 aliphatic heterocycles. The maximum atomic E-state index is 12.0. The maximum Gasteiger partial charge on any atom is 0.261 e. The van der Waals surface area contributed by atoms with E-state index >= 15 is 0 Å². The van der Waals surface area contributed by atoms with Gasteiger partial charge >= 0.3 is 0 Å². The average Bonchev–Trinajstić information content (AvgIpc) is 2.80. The molecule has 1 rings (SSSR count). The SMILES string of the molecule is CSC(C)CCNC(=O)c1cc(C)c(C#CCCO)s1. The van der Waals surface area contributed by atoms with E-state index in [1.165, 1.54) is 11.3 Å². The van der Waals surface area contributed by atoms with E-state index in [-0.39, 0.29) is 12.5 Å². The van der Waals surface area contributed by atoms with Gasteiger partial charge in [-0.25, -0.2) is 0 Å². The molecular formula is C15H21NO2S2. The number of thioether (sulfide) groups is 1. The summed E-state index contributed by atoms with van der Waals surface area (Å²) in [7, 11) is 0. The third kappa shape index (κ3) is 5.58. The Kier molecular flexibility index (Phi) is 7.75. The predicted molar refractivity (Wildman–Crippen MR) is 87.6 cm³/mol. The van der Waals surface area contributed by atoms with E-state index < -0.39 is 0 Å². The van der Waals surface area contributed by atoms with Crippen molar-refractivity contribution in [2.75, 3.05) is 19.4 Å². The Morgan fingerprint density at radius 1 is 1.60 bits per heavy atom. The highest BCUT2D eigenvalue weighted by atomic mass is 32.2. The Bertz CT molecular complexity index is 500. The summed E-state index contributed by atoms with van der Waals surface area (Å²) in [6, 6.07) is 1.88. The minimum absolute atomic E-state index is 0.0263. The van der Waals surface area contributed by atoms with Gasteiger partial charge in [-0.2, -0.15) is 11.8 Å². The Balaban J connectivity index is 2.57. The molecule has 3 nitrogen and oxygen atoms in total. The van der Waals surface area contributed by atoms with Crippen molar-refractivity contribution in [2.45, 2.75) is 31.9 Å². The fourth-order valence-corrected chi connectivity index (χ4v) is 2.83. The van der Waals surface area contributed by atoms with Gasteiger partial charge in [0, 0.05) is 18.2 Å². The van der Waals surface area contributed by atoms with Gasteiger partial charge in [-0.3, -0.25) is 4.79 Å².